The van der Waals surface area contributed by atoms with Crippen molar-refractivity contribution in [1.82, 2.24) is 19.9 Å². The zero-order valence-electron chi connectivity index (χ0n) is 49.7. The van der Waals surface area contributed by atoms with E-state index in [2.05, 4.69) is 37.7 Å². The van der Waals surface area contributed by atoms with Crippen molar-refractivity contribution in [2.24, 2.45) is 0 Å². The number of aromatic amines is 4. The van der Waals surface area contributed by atoms with Crippen molar-refractivity contribution >= 4 is 166 Å². The minimum Gasteiger partial charge on any atom is -0.315 e. The zero-order chi connectivity index (χ0) is 69.4. The Bertz CT molecular complexity index is 5850. The summed E-state index contributed by atoms with van der Waals surface area (Å²) in [5.74, 6) is 7.35. The lowest BCUT2D eigenvalue weighted by molar-refractivity contribution is 0.590. The highest BCUT2D eigenvalue weighted by Gasteiger charge is 2.26. The van der Waals surface area contributed by atoms with Gasteiger partial charge in [0, 0.05) is 80.6 Å². The summed E-state index contributed by atoms with van der Waals surface area (Å²) in [6.45, 7) is 1.84. The molecule has 0 aliphatic carbocycles. The van der Waals surface area contributed by atoms with E-state index in [1.807, 2.05) is 43.3 Å². The van der Waals surface area contributed by atoms with Gasteiger partial charge in [-0.2, -0.15) is 0 Å². The number of aromatic nitrogens is 4. The number of benzene rings is 8. The molecule has 0 saturated heterocycles. The molecule has 0 amide bonds. The van der Waals surface area contributed by atoms with Crippen molar-refractivity contribution in [2.45, 2.75) is 50.0 Å². The van der Waals surface area contributed by atoms with Crippen LogP contribution in [0.25, 0.3) is 43.1 Å². The molecule has 12 aromatic rings. The topological polar surface area (TPSA) is 234 Å². The Morgan fingerprint density at radius 1 is 0.354 bits per heavy atom. The minimum absolute atomic E-state index is 0.0337. The molecular formula is C71H47Cl7N4O10S4. The third-order valence-corrected chi connectivity index (χ3v) is 22.8. The molecule has 0 unspecified atom stereocenters. The van der Waals surface area contributed by atoms with Crippen molar-refractivity contribution in [3.63, 3.8) is 0 Å². The van der Waals surface area contributed by atoms with Crippen molar-refractivity contribution < 1.29 is 25.3 Å². The van der Waals surface area contributed by atoms with Crippen molar-refractivity contribution in [2.75, 3.05) is 0 Å². The van der Waals surface area contributed by atoms with Gasteiger partial charge in [-0.3, -0.25) is 19.2 Å². The third kappa shape index (κ3) is 16.3. The van der Waals surface area contributed by atoms with Crippen LogP contribution in [-0.4, -0.2) is 45.2 Å². The summed E-state index contributed by atoms with van der Waals surface area (Å²) in [6, 6.07) is 49.4. The summed E-state index contributed by atoms with van der Waals surface area (Å²) in [5.41, 5.74) is 3.08. The SMILES string of the molecule is C#Cc1ccccc1CS(=O)(=O)c1[nH]c(=O)c(Cl)c2ccc(Cl)cc12.C#Cc1ccccc1CS(=O)(=O)c1[nH]c(=O)c(Cl)c2ccccc12.C#Cc1ccccc1CSc1[nH]c(=O)c(Cl)c2ccc(Cl)cc12.Cc1ccccc1CS(=O)(=O)c1[nH]c(=O)c(Cl)c2ccc(Cl)cc12. The Labute approximate surface area is 589 Å². The molecule has 4 heterocycles. The van der Waals surface area contributed by atoms with E-state index in [4.69, 9.17) is 100 Å². The molecule has 0 aliphatic heterocycles. The summed E-state index contributed by atoms with van der Waals surface area (Å²) >= 11 is 43.6. The van der Waals surface area contributed by atoms with Gasteiger partial charge in [0.15, 0.2) is 29.5 Å². The predicted octanol–water partition coefficient (Wildman–Crippen LogP) is 16.2. The third-order valence-electron chi connectivity index (χ3n) is 14.6. The summed E-state index contributed by atoms with van der Waals surface area (Å²) in [7, 11) is -11.5. The van der Waals surface area contributed by atoms with Gasteiger partial charge >= 0.3 is 0 Å². The van der Waals surface area contributed by atoms with E-state index in [1.165, 1.54) is 30.0 Å². The summed E-state index contributed by atoms with van der Waals surface area (Å²) in [6.07, 6.45) is 16.4. The smallest absolute Gasteiger partial charge is 0.268 e. The van der Waals surface area contributed by atoms with E-state index in [-0.39, 0.29) is 63.4 Å². The molecule has 0 aliphatic rings. The maximum atomic E-state index is 12.9. The molecule has 0 spiro atoms. The van der Waals surface area contributed by atoms with Crippen LogP contribution in [0.1, 0.15) is 44.5 Å². The van der Waals surface area contributed by atoms with Gasteiger partial charge < -0.3 is 19.9 Å². The molecule has 0 radical (unpaired) electrons. The average molecular weight is 1490 g/mol. The second kappa shape index (κ2) is 30.7. The van der Waals surface area contributed by atoms with Gasteiger partial charge in [-0.25, -0.2) is 25.3 Å². The zero-order valence-corrected chi connectivity index (χ0v) is 58.2. The summed E-state index contributed by atoms with van der Waals surface area (Å²) < 4.78 is 77.4. The van der Waals surface area contributed by atoms with E-state index < -0.39 is 46.2 Å². The lowest BCUT2D eigenvalue weighted by atomic mass is 10.1. The van der Waals surface area contributed by atoms with Crippen molar-refractivity contribution in [3.8, 4) is 37.0 Å². The molecular weight excluding hydrogens is 1450 g/mol. The monoisotopic (exact) mass is 1490 g/mol. The highest BCUT2D eigenvalue weighted by Crippen LogP contribution is 2.35. The predicted molar refractivity (Wildman–Crippen MR) is 390 cm³/mol. The molecule has 0 saturated carbocycles. The fourth-order valence-corrected chi connectivity index (χ4v) is 17.1. The molecule has 0 atom stereocenters. The summed E-state index contributed by atoms with van der Waals surface area (Å²) in [5, 5.41) is 4.96. The molecule has 4 aromatic heterocycles. The van der Waals surface area contributed by atoms with Crippen LogP contribution in [0.5, 0.6) is 0 Å². The molecule has 484 valence electrons. The van der Waals surface area contributed by atoms with E-state index in [0.717, 1.165) is 27.1 Å². The number of hydrogen-bond donors (Lipinski definition) is 4. The fraction of sp³-hybridized carbons (Fsp3) is 0.0704. The van der Waals surface area contributed by atoms with Gasteiger partial charge in [0.25, 0.3) is 22.2 Å². The summed E-state index contributed by atoms with van der Waals surface area (Å²) in [4.78, 5) is 58.0. The Kier molecular flexibility index (Phi) is 23.0. The first-order valence-corrected chi connectivity index (χ1v) is 36.6. The maximum Gasteiger partial charge on any atom is 0.268 e. The Morgan fingerprint density at radius 2 is 0.656 bits per heavy atom. The quantitative estimate of drug-likeness (QED) is 0.0663. The van der Waals surface area contributed by atoms with Crippen LogP contribution in [0.3, 0.4) is 0 Å². The van der Waals surface area contributed by atoms with Crippen molar-refractivity contribution in [1.29, 1.82) is 0 Å². The number of thioether (sulfide) groups is 1. The Morgan fingerprint density at radius 3 is 1.07 bits per heavy atom. The highest BCUT2D eigenvalue weighted by molar-refractivity contribution is 7.98. The van der Waals surface area contributed by atoms with E-state index in [9.17, 15) is 44.4 Å². The number of H-pyrrole nitrogens is 4. The van der Waals surface area contributed by atoms with Crippen LogP contribution < -0.4 is 22.2 Å². The normalized spacial score (nSPS) is 11.3. The average Bonchev–Trinajstić information content (AvgIpc) is 0.787. The Balaban J connectivity index is 0.000000150. The lowest BCUT2D eigenvalue weighted by Crippen LogP contribution is -2.16. The minimum atomic E-state index is -3.90. The molecule has 25 heteroatoms. The fourth-order valence-electron chi connectivity index (χ4n) is 9.91. The van der Waals surface area contributed by atoms with Gasteiger partial charge in [0.2, 0.25) is 0 Å². The number of terminal acetylenes is 3. The molecule has 4 N–H and O–H groups in total. The maximum absolute atomic E-state index is 12.9. The first kappa shape index (κ1) is 71.8. The van der Waals surface area contributed by atoms with Crippen LogP contribution in [0.15, 0.2) is 215 Å². The molecule has 0 bridgehead atoms. The molecule has 12 rings (SSSR count). The highest BCUT2D eigenvalue weighted by atomic mass is 35.5. The second-order valence-corrected chi connectivity index (χ2v) is 30.5. The number of aryl methyl sites for hydroxylation is 1. The number of hydrogen-bond acceptors (Lipinski definition) is 11. The first-order valence-electron chi connectivity index (χ1n) is 28.0. The van der Waals surface area contributed by atoms with Gasteiger partial charge in [-0.1, -0.05) is 220 Å². The van der Waals surface area contributed by atoms with Crippen LogP contribution in [0.4, 0.5) is 0 Å². The number of nitrogens with one attached hydrogen (secondary N) is 4. The number of rotatable bonds is 12. The number of halogens is 7. The largest absolute Gasteiger partial charge is 0.315 e. The molecule has 8 aromatic carbocycles. The van der Waals surface area contributed by atoms with Crippen LogP contribution in [0.2, 0.25) is 35.2 Å². The molecule has 0 fully saturated rings. The van der Waals surface area contributed by atoms with Gasteiger partial charge in [0.05, 0.1) is 22.3 Å². The molecule has 96 heavy (non-hydrogen) atoms. The van der Waals surface area contributed by atoms with Gasteiger partial charge in [0.1, 0.15) is 35.2 Å². The van der Waals surface area contributed by atoms with E-state index >= 15 is 0 Å². The van der Waals surface area contributed by atoms with Crippen LogP contribution >= 0.6 is 93.0 Å². The van der Waals surface area contributed by atoms with Crippen LogP contribution in [-0.2, 0) is 52.5 Å². The van der Waals surface area contributed by atoms with E-state index in [1.54, 1.807) is 121 Å². The van der Waals surface area contributed by atoms with Gasteiger partial charge in [-0.05, 0) is 89.3 Å². The Hall–Kier alpha value is -8.49. The number of pyridine rings is 4. The van der Waals surface area contributed by atoms with Crippen LogP contribution in [0, 0.1) is 44.0 Å². The number of sulfone groups is 3. The molecule has 14 nitrogen and oxygen atoms in total. The second-order valence-electron chi connectivity index (χ2n) is 20.9. The van der Waals surface area contributed by atoms with Crippen molar-refractivity contribution in [3.05, 3.63) is 297 Å². The van der Waals surface area contributed by atoms with Gasteiger partial charge in [-0.15, -0.1) is 31.0 Å². The lowest BCUT2D eigenvalue weighted by Gasteiger charge is -2.11. The standard InChI is InChI=1S/C18H11Cl2NO3S.C18H11Cl2NOS.C18H12ClNO3S.C17H13Cl2NO3S/c1-2-11-5-3-4-6-12(11)10-25(23,24)18-15-9-13(19)7-8-14(15)16(20)17(22)21-18;1-2-11-5-3-4-6-12(11)10-23-18-15-9-13(19)7-8-14(15)16(20)17(22)21-18;1-2-12-7-3-4-8-13(12)11-24(22,23)18-15-10-6-5-9-14(15)16(19)17(21)20-18;1-10-4-2-3-5-11(10)9-24(22,23)17-14-8-12(18)6-7-13(14)15(19)16(21)20-17/h1,3-9H,10H2,(H,21,22);1,3-9H,10H2,(H,21,22);1,3-10H,11H2,(H,20,21);2-8H,9H2,1H3,(H,20,21). The number of fused-ring (bicyclic) bond motifs is 4. The van der Waals surface area contributed by atoms with E-state index in [0.29, 0.717) is 81.0 Å². The first-order chi connectivity index (χ1) is 45.7.